The maximum absolute atomic E-state index is 4.69. The van der Waals surface area contributed by atoms with Crippen LogP contribution in [-0.2, 0) is 0 Å². The number of unbranched alkanes of at least 4 members (excludes halogenated alkanes) is 1. The molecule has 0 fully saturated rings. The fourth-order valence-corrected chi connectivity index (χ4v) is 4.06. The van der Waals surface area contributed by atoms with Crippen molar-refractivity contribution >= 4 is 33.5 Å². The molecule has 0 aliphatic rings. The van der Waals surface area contributed by atoms with E-state index in [0.717, 1.165) is 9.86 Å². The van der Waals surface area contributed by atoms with E-state index in [-0.39, 0.29) is 5.54 Å². The van der Waals surface area contributed by atoms with E-state index in [1.165, 1.54) is 24.0 Å². The molecule has 0 N–H and O–H groups in total. The second kappa shape index (κ2) is 6.25. The average molecular weight is 294 g/mol. The molecule has 2 nitrogen and oxygen atoms in total. The molecular weight excluding hydrogens is 272 g/mol. The SMILES string of the molecule is CCCCC(C)(C)N(C)Sc1nc2ccccc2s1. The lowest BCUT2D eigenvalue weighted by Gasteiger charge is -2.33. The summed E-state index contributed by atoms with van der Waals surface area (Å²) in [6.07, 6.45) is 3.75. The summed E-state index contributed by atoms with van der Waals surface area (Å²) in [6, 6.07) is 8.34. The maximum atomic E-state index is 4.69. The predicted molar refractivity (Wildman–Crippen MR) is 86.8 cm³/mol. The minimum absolute atomic E-state index is 0.207. The van der Waals surface area contributed by atoms with Gasteiger partial charge in [-0.15, -0.1) is 11.3 Å². The van der Waals surface area contributed by atoms with E-state index in [1.807, 2.05) is 6.07 Å². The lowest BCUT2D eigenvalue weighted by molar-refractivity contribution is 0.262. The highest BCUT2D eigenvalue weighted by Crippen LogP contribution is 2.35. The highest BCUT2D eigenvalue weighted by atomic mass is 32.2. The summed E-state index contributed by atoms with van der Waals surface area (Å²) in [4.78, 5) is 4.69. The Morgan fingerprint density at radius 3 is 2.74 bits per heavy atom. The van der Waals surface area contributed by atoms with Crippen molar-refractivity contribution in [1.29, 1.82) is 0 Å². The van der Waals surface area contributed by atoms with Crippen LogP contribution in [0.2, 0.25) is 0 Å². The second-order valence-electron chi connectivity index (χ2n) is 5.45. The van der Waals surface area contributed by atoms with E-state index in [2.05, 4.69) is 55.3 Å². The Bertz CT molecular complexity index is 501. The molecule has 19 heavy (non-hydrogen) atoms. The summed E-state index contributed by atoms with van der Waals surface area (Å²) in [6.45, 7) is 6.86. The quantitative estimate of drug-likeness (QED) is 0.681. The molecule has 1 heterocycles. The average Bonchev–Trinajstić information content (AvgIpc) is 2.78. The first-order chi connectivity index (χ1) is 9.03. The molecule has 104 valence electrons. The van der Waals surface area contributed by atoms with E-state index in [1.54, 1.807) is 23.3 Å². The third kappa shape index (κ3) is 3.71. The number of aromatic nitrogens is 1. The molecule has 0 saturated heterocycles. The Labute approximate surface area is 124 Å². The van der Waals surface area contributed by atoms with Crippen molar-refractivity contribution in [3.05, 3.63) is 24.3 Å². The minimum atomic E-state index is 0.207. The van der Waals surface area contributed by atoms with Gasteiger partial charge in [0, 0.05) is 5.54 Å². The Hall–Kier alpha value is -0.580. The highest BCUT2D eigenvalue weighted by Gasteiger charge is 2.24. The van der Waals surface area contributed by atoms with Crippen molar-refractivity contribution in [1.82, 2.24) is 9.29 Å². The number of fused-ring (bicyclic) bond motifs is 1. The minimum Gasteiger partial charge on any atom is -0.242 e. The molecule has 1 aromatic carbocycles. The van der Waals surface area contributed by atoms with Gasteiger partial charge in [-0.1, -0.05) is 31.9 Å². The van der Waals surface area contributed by atoms with Crippen LogP contribution in [0.25, 0.3) is 10.2 Å². The summed E-state index contributed by atoms with van der Waals surface area (Å²) in [5.74, 6) is 0. The molecular formula is C15H22N2S2. The number of hydrogen-bond donors (Lipinski definition) is 0. The van der Waals surface area contributed by atoms with E-state index >= 15 is 0 Å². The van der Waals surface area contributed by atoms with Gasteiger partial charge in [0.05, 0.1) is 10.2 Å². The highest BCUT2D eigenvalue weighted by molar-refractivity contribution is 7.98. The van der Waals surface area contributed by atoms with E-state index in [9.17, 15) is 0 Å². The Balaban J connectivity index is 2.07. The van der Waals surface area contributed by atoms with Crippen LogP contribution in [0.3, 0.4) is 0 Å². The third-order valence-corrected chi connectivity index (χ3v) is 5.80. The van der Waals surface area contributed by atoms with Crippen LogP contribution in [0.15, 0.2) is 28.6 Å². The van der Waals surface area contributed by atoms with Gasteiger partial charge in [-0.05, 0) is 51.4 Å². The molecule has 2 aromatic rings. The molecule has 1 aromatic heterocycles. The Morgan fingerprint density at radius 2 is 2.05 bits per heavy atom. The summed E-state index contributed by atoms with van der Waals surface area (Å²) in [5.41, 5.74) is 1.31. The molecule has 0 spiro atoms. The summed E-state index contributed by atoms with van der Waals surface area (Å²) >= 11 is 3.54. The zero-order chi connectivity index (χ0) is 13.9. The normalized spacial score (nSPS) is 12.5. The van der Waals surface area contributed by atoms with Crippen LogP contribution < -0.4 is 0 Å². The zero-order valence-electron chi connectivity index (χ0n) is 12.1. The molecule has 0 bridgehead atoms. The van der Waals surface area contributed by atoms with Crippen LogP contribution in [0.1, 0.15) is 40.0 Å². The Kier molecular flexibility index (Phi) is 4.87. The van der Waals surface area contributed by atoms with Crippen molar-refractivity contribution in [3.8, 4) is 0 Å². The van der Waals surface area contributed by atoms with E-state index < -0.39 is 0 Å². The van der Waals surface area contributed by atoms with E-state index in [4.69, 9.17) is 0 Å². The van der Waals surface area contributed by atoms with Crippen molar-refractivity contribution in [2.75, 3.05) is 7.05 Å². The van der Waals surface area contributed by atoms with Gasteiger partial charge in [-0.25, -0.2) is 9.29 Å². The van der Waals surface area contributed by atoms with E-state index in [0.29, 0.717) is 0 Å². The van der Waals surface area contributed by atoms with Crippen LogP contribution in [-0.4, -0.2) is 21.9 Å². The molecule has 2 rings (SSSR count). The largest absolute Gasteiger partial charge is 0.242 e. The van der Waals surface area contributed by atoms with Crippen LogP contribution in [0.5, 0.6) is 0 Å². The van der Waals surface area contributed by atoms with Crippen LogP contribution in [0.4, 0.5) is 0 Å². The summed E-state index contributed by atoms with van der Waals surface area (Å²) in [7, 11) is 2.17. The molecule has 0 aliphatic carbocycles. The zero-order valence-corrected chi connectivity index (χ0v) is 13.8. The van der Waals surface area contributed by atoms with Crippen LogP contribution >= 0.6 is 23.3 Å². The molecule has 0 saturated carbocycles. The third-order valence-electron chi connectivity index (χ3n) is 3.48. The van der Waals surface area contributed by atoms with Gasteiger partial charge in [-0.2, -0.15) is 0 Å². The molecule has 0 radical (unpaired) electrons. The fourth-order valence-electron chi connectivity index (χ4n) is 1.90. The van der Waals surface area contributed by atoms with Crippen molar-refractivity contribution < 1.29 is 0 Å². The second-order valence-corrected chi connectivity index (χ2v) is 7.86. The van der Waals surface area contributed by atoms with Gasteiger partial charge in [0.15, 0.2) is 4.34 Å². The summed E-state index contributed by atoms with van der Waals surface area (Å²) in [5, 5.41) is 0. The number of benzene rings is 1. The lowest BCUT2D eigenvalue weighted by Crippen LogP contribution is -2.36. The fraction of sp³-hybridized carbons (Fsp3) is 0.533. The maximum Gasteiger partial charge on any atom is 0.166 e. The lowest BCUT2D eigenvalue weighted by atomic mass is 9.98. The number of rotatable bonds is 6. The predicted octanol–water partition coefficient (Wildman–Crippen LogP) is 5.20. The van der Waals surface area contributed by atoms with Gasteiger partial charge in [0.2, 0.25) is 0 Å². The molecule has 4 heteroatoms. The van der Waals surface area contributed by atoms with Crippen molar-refractivity contribution in [2.45, 2.75) is 49.9 Å². The first-order valence-corrected chi connectivity index (χ1v) is 8.39. The van der Waals surface area contributed by atoms with Gasteiger partial charge in [-0.3, -0.25) is 0 Å². The number of nitrogens with zero attached hydrogens (tertiary/aromatic N) is 2. The smallest absolute Gasteiger partial charge is 0.166 e. The number of hydrogen-bond acceptors (Lipinski definition) is 4. The number of para-hydroxylation sites is 1. The molecule has 0 amide bonds. The summed E-state index contributed by atoms with van der Waals surface area (Å²) < 4.78 is 4.75. The monoisotopic (exact) mass is 294 g/mol. The molecule has 0 atom stereocenters. The van der Waals surface area contributed by atoms with Crippen molar-refractivity contribution in [2.24, 2.45) is 0 Å². The first-order valence-electron chi connectivity index (χ1n) is 6.80. The number of thiazole rings is 1. The topological polar surface area (TPSA) is 16.1 Å². The van der Waals surface area contributed by atoms with Crippen LogP contribution in [0, 0.1) is 0 Å². The molecule has 0 unspecified atom stereocenters. The molecule has 0 aliphatic heterocycles. The first kappa shape index (κ1) is 14.8. The standard InChI is InChI=1S/C15H22N2S2/c1-5-6-11-15(2,3)17(4)19-14-16-12-9-7-8-10-13(12)18-14/h7-10H,5-6,11H2,1-4H3. The van der Waals surface area contributed by atoms with Crippen molar-refractivity contribution in [3.63, 3.8) is 0 Å². The Morgan fingerprint density at radius 1 is 1.32 bits per heavy atom. The van der Waals surface area contributed by atoms with Gasteiger partial charge in [0.25, 0.3) is 0 Å². The van der Waals surface area contributed by atoms with Gasteiger partial charge >= 0.3 is 0 Å². The van der Waals surface area contributed by atoms with Gasteiger partial charge < -0.3 is 0 Å². The van der Waals surface area contributed by atoms with Gasteiger partial charge in [0.1, 0.15) is 0 Å².